The molecule has 6 aliphatic rings. The summed E-state index contributed by atoms with van der Waals surface area (Å²) in [6, 6.07) is 11.3. The number of alkyl halides is 1. The van der Waals surface area contributed by atoms with E-state index in [1.807, 2.05) is 0 Å². The van der Waals surface area contributed by atoms with Crippen LogP contribution >= 0.6 is 0 Å². The SMILES string of the molecule is NC1CC2(C1)CC(NC(=O)C13CC4C[C@@](CF)(C1)C[C@](c1ccccc1)(C4)C3)C2. The molecule has 3 nitrogen and oxygen atoms in total. The molecule has 6 saturated carbocycles. The standard InChI is InChI=1S/C25H33FN2O/c26-16-23-6-17-7-24(13-23,18-4-2-1-3-5-18)15-25(8-17,14-23)21(29)28-20-11-22(12-20)9-19(27)10-22/h1-5,17,19-20H,6-16,27H2,(H,28,29)/t17?,19?,20?,22?,23-,24+,25?/m0/s1. The first-order chi connectivity index (χ1) is 13.9. The molecule has 0 heterocycles. The van der Waals surface area contributed by atoms with Gasteiger partial charge in [-0.05, 0) is 86.5 Å². The molecule has 4 bridgehead atoms. The average Bonchev–Trinajstić information content (AvgIpc) is 2.65. The maximum atomic E-state index is 14.4. The van der Waals surface area contributed by atoms with Crippen LogP contribution < -0.4 is 11.1 Å². The minimum Gasteiger partial charge on any atom is -0.353 e. The molecule has 2 unspecified atom stereocenters. The first-order valence-electron chi connectivity index (χ1n) is 11.6. The maximum Gasteiger partial charge on any atom is 0.226 e. The lowest BCUT2D eigenvalue weighted by atomic mass is 9.38. The molecule has 1 amide bonds. The number of rotatable bonds is 4. The summed E-state index contributed by atoms with van der Waals surface area (Å²) < 4.78 is 14.4. The van der Waals surface area contributed by atoms with E-state index in [1.54, 1.807) is 0 Å². The van der Waals surface area contributed by atoms with E-state index in [4.69, 9.17) is 5.73 Å². The van der Waals surface area contributed by atoms with Crippen molar-refractivity contribution in [1.82, 2.24) is 5.32 Å². The molecule has 0 aromatic heterocycles. The van der Waals surface area contributed by atoms with Gasteiger partial charge in [-0.3, -0.25) is 9.18 Å². The van der Waals surface area contributed by atoms with E-state index in [1.165, 1.54) is 5.56 Å². The molecule has 0 radical (unpaired) electrons. The fourth-order valence-corrected chi connectivity index (χ4v) is 8.97. The second-order valence-electron chi connectivity index (χ2n) is 11.8. The van der Waals surface area contributed by atoms with Crippen molar-refractivity contribution in [3.8, 4) is 0 Å². The first kappa shape index (κ1) is 18.4. The molecule has 156 valence electrons. The number of benzene rings is 1. The third-order valence-corrected chi connectivity index (χ3v) is 9.42. The van der Waals surface area contributed by atoms with E-state index in [0.29, 0.717) is 23.4 Å². The highest BCUT2D eigenvalue weighted by Crippen LogP contribution is 2.70. The topological polar surface area (TPSA) is 55.1 Å². The second-order valence-corrected chi connectivity index (χ2v) is 11.8. The van der Waals surface area contributed by atoms with E-state index in [0.717, 1.165) is 64.2 Å². The van der Waals surface area contributed by atoms with Crippen LogP contribution in [0.3, 0.4) is 0 Å². The molecule has 4 heteroatoms. The van der Waals surface area contributed by atoms with E-state index in [2.05, 4.69) is 35.6 Å². The fourth-order valence-electron chi connectivity index (χ4n) is 8.97. The van der Waals surface area contributed by atoms with Crippen LogP contribution in [0.25, 0.3) is 0 Å². The molecule has 1 aromatic rings. The number of nitrogens with two attached hydrogens (primary N) is 1. The Morgan fingerprint density at radius 2 is 1.76 bits per heavy atom. The van der Waals surface area contributed by atoms with E-state index < -0.39 is 0 Å². The average molecular weight is 397 g/mol. The van der Waals surface area contributed by atoms with Crippen LogP contribution in [-0.2, 0) is 10.2 Å². The molecular formula is C25H33FN2O. The van der Waals surface area contributed by atoms with Crippen molar-refractivity contribution in [2.75, 3.05) is 6.67 Å². The number of carbonyl (C=O) groups excluding carboxylic acids is 1. The van der Waals surface area contributed by atoms with Crippen LogP contribution in [0.2, 0.25) is 0 Å². The minimum atomic E-state index is -0.375. The molecule has 7 rings (SSSR count). The fraction of sp³-hybridized carbons (Fsp3) is 0.720. The number of amides is 1. The molecule has 0 aliphatic heterocycles. The van der Waals surface area contributed by atoms with Crippen molar-refractivity contribution in [3.05, 3.63) is 35.9 Å². The summed E-state index contributed by atoms with van der Waals surface area (Å²) >= 11 is 0. The summed E-state index contributed by atoms with van der Waals surface area (Å²) in [6.45, 7) is -0.280. The van der Waals surface area contributed by atoms with Gasteiger partial charge in [0.15, 0.2) is 0 Å². The summed E-state index contributed by atoms with van der Waals surface area (Å²) in [4.78, 5) is 13.7. The molecule has 3 N–H and O–H groups in total. The lowest BCUT2D eigenvalue weighted by Gasteiger charge is -2.66. The van der Waals surface area contributed by atoms with E-state index >= 15 is 0 Å². The second kappa shape index (κ2) is 5.84. The Morgan fingerprint density at radius 3 is 2.45 bits per heavy atom. The van der Waals surface area contributed by atoms with Gasteiger partial charge in [0, 0.05) is 17.5 Å². The molecule has 0 saturated heterocycles. The van der Waals surface area contributed by atoms with Gasteiger partial charge in [0.25, 0.3) is 0 Å². The zero-order valence-electron chi connectivity index (χ0n) is 17.3. The van der Waals surface area contributed by atoms with Crippen LogP contribution in [0.15, 0.2) is 30.3 Å². The summed E-state index contributed by atoms with van der Waals surface area (Å²) in [5.74, 6) is 0.702. The minimum absolute atomic E-state index is 0.0221. The van der Waals surface area contributed by atoms with Crippen molar-refractivity contribution in [2.45, 2.75) is 81.7 Å². The Morgan fingerprint density at radius 1 is 1.00 bits per heavy atom. The Bertz CT molecular complexity index is 828. The van der Waals surface area contributed by atoms with E-state index in [9.17, 15) is 9.18 Å². The number of nitrogens with one attached hydrogen (secondary N) is 1. The normalized spacial score (nSPS) is 49.5. The van der Waals surface area contributed by atoms with Crippen LogP contribution in [0, 0.1) is 22.2 Å². The Balaban J connectivity index is 1.27. The quantitative estimate of drug-likeness (QED) is 0.799. The van der Waals surface area contributed by atoms with Gasteiger partial charge in [0.1, 0.15) is 0 Å². The van der Waals surface area contributed by atoms with E-state index in [-0.39, 0.29) is 28.8 Å². The van der Waals surface area contributed by atoms with Crippen molar-refractivity contribution in [3.63, 3.8) is 0 Å². The van der Waals surface area contributed by atoms with Gasteiger partial charge in [-0.2, -0.15) is 0 Å². The predicted molar refractivity (Wildman–Crippen MR) is 111 cm³/mol. The zero-order chi connectivity index (χ0) is 19.9. The largest absolute Gasteiger partial charge is 0.353 e. The number of hydrogen-bond donors (Lipinski definition) is 2. The molecule has 6 fully saturated rings. The molecule has 1 spiro atoms. The van der Waals surface area contributed by atoms with Crippen LogP contribution in [0.1, 0.15) is 69.8 Å². The third-order valence-electron chi connectivity index (χ3n) is 9.42. The van der Waals surface area contributed by atoms with Gasteiger partial charge in [0.05, 0.1) is 12.1 Å². The van der Waals surface area contributed by atoms with Gasteiger partial charge in [0.2, 0.25) is 5.91 Å². The Kier molecular flexibility index (Phi) is 3.70. The number of carbonyl (C=O) groups is 1. The summed E-state index contributed by atoms with van der Waals surface area (Å²) in [6.07, 6.45) is 10.0. The molecule has 29 heavy (non-hydrogen) atoms. The highest BCUT2D eigenvalue weighted by atomic mass is 19.1. The first-order valence-corrected chi connectivity index (χ1v) is 11.6. The zero-order valence-corrected chi connectivity index (χ0v) is 17.3. The lowest BCUT2D eigenvalue weighted by Crippen LogP contribution is -2.66. The molecular weight excluding hydrogens is 363 g/mol. The van der Waals surface area contributed by atoms with Crippen molar-refractivity contribution < 1.29 is 9.18 Å². The van der Waals surface area contributed by atoms with Crippen molar-refractivity contribution in [1.29, 1.82) is 0 Å². The number of hydrogen-bond acceptors (Lipinski definition) is 2. The molecule has 1 aromatic carbocycles. The summed E-state index contributed by atoms with van der Waals surface area (Å²) in [5.41, 5.74) is 7.04. The highest BCUT2D eigenvalue weighted by molar-refractivity contribution is 5.84. The third kappa shape index (κ3) is 2.60. The smallest absolute Gasteiger partial charge is 0.226 e. The van der Waals surface area contributed by atoms with Gasteiger partial charge in [-0.1, -0.05) is 30.3 Å². The van der Waals surface area contributed by atoms with Gasteiger partial charge < -0.3 is 11.1 Å². The Hall–Kier alpha value is -1.42. The maximum absolute atomic E-state index is 14.4. The van der Waals surface area contributed by atoms with Crippen LogP contribution in [0.5, 0.6) is 0 Å². The summed E-state index contributed by atoms with van der Waals surface area (Å²) in [7, 11) is 0. The van der Waals surface area contributed by atoms with Crippen LogP contribution in [0.4, 0.5) is 4.39 Å². The van der Waals surface area contributed by atoms with Gasteiger partial charge >= 0.3 is 0 Å². The van der Waals surface area contributed by atoms with Gasteiger partial charge in [-0.25, -0.2) is 0 Å². The number of halogens is 1. The van der Waals surface area contributed by atoms with Crippen LogP contribution in [-0.4, -0.2) is 24.7 Å². The molecule has 4 atom stereocenters. The summed E-state index contributed by atoms with van der Waals surface area (Å²) in [5, 5.41) is 3.42. The van der Waals surface area contributed by atoms with Crippen molar-refractivity contribution >= 4 is 5.91 Å². The van der Waals surface area contributed by atoms with Crippen molar-refractivity contribution in [2.24, 2.45) is 27.9 Å². The van der Waals surface area contributed by atoms with Gasteiger partial charge in [-0.15, -0.1) is 0 Å². The molecule has 6 aliphatic carbocycles. The monoisotopic (exact) mass is 396 g/mol. The predicted octanol–water partition coefficient (Wildman–Crippen LogP) is 4.25. The highest BCUT2D eigenvalue weighted by Gasteiger charge is 2.66. The Labute approximate surface area is 173 Å². The lowest BCUT2D eigenvalue weighted by molar-refractivity contribution is -0.167.